The predicted octanol–water partition coefficient (Wildman–Crippen LogP) is 0.749. The maximum atomic E-state index is 9.09. The van der Waals surface area contributed by atoms with E-state index in [1.165, 1.54) is 12.4 Å². The monoisotopic (exact) mass is 158 g/mol. The average molecular weight is 159 g/mol. The van der Waals surface area contributed by atoms with Gasteiger partial charge in [0.05, 0.1) is 17.8 Å². The molecular weight excluding hydrogens is 152 g/mol. The molecule has 0 fully saturated rings. The first kappa shape index (κ1) is 7.44. The molecule has 0 amide bonds. The number of nitrogens with zero attached hydrogens (tertiary/aromatic N) is 2. The highest BCUT2D eigenvalue weighted by Gasteiger charge is 2.05. The van der Waals surface area contributed by atoms with Crippen molar-refractivity contribution in [1.82, 2.24) is 9.97 Å². The molecule has 0 aliphatic rings. The van der Waals surface area contributed by atoms with Crippen molar-refractivity contribution in [3.8, 4) is 0 Å². The van der Waals surface area contributed by atoms with Gasteiger partial charge < -0.3 is 5.11 Å². The number of aliphatic hydroxyl groups is 1. The third kappa shape index (κ3) is 1.65. The minimum Gasteiger partial charge on any atom is -0.385 e. The molecule has 1 rings (SSSR count). The zero-order valence-electron chi connectivity index (χ0n) is 5.24. The summed E-state index contributed by atoms with van der Waals surface area (Å²) in [6, 6.07) is 0. The fraction of sp³-hybridized carbons (Fsp3) is 0.333. The molecule has 54 valence electrons. The SMILES string of the molecule is O[C@@H](CCl)c1cnccn1. The van der Waals surface area contributed by atoms with Crippen LogP contribution in [0.25, 0.3) is 0 Å². The van der Waals surface area contributed by atoms with Gasteiger partial charge in [-0.05, 0) is 0 Å². The van der Waals surface area contributed by atoms with Gasteiger partial charge in [-0.1, -0.05) is 0 Å². The van der Waals surface area contributed by atoms with Crippen LogP contribution in [0, 0.1) is 0 Å². The van der Waals surface area contributed by atoms with E-state index in [2.05, 4.69) is 9.97 Å². The Labute approximate surface area is 63.7 Å². The molecule has 4 heteroatoms. The summed E-state index contributed by atoms with van der Waals surface area (Å²) in [4.78, 5) is 7.63. The number of hydrogen-bond donors (Lipinski definition) is 1. The summed E-state index contributed by atoms with van der Waals surface area (Å²) < 4.78 is 0. The van der Waals surface area contributed by atoms with Gasteiger partial charge in [0.1, 0.15) is 6.10 Å². The Morgan fingerprint density at radius 3 is 2.90 bits per heavy atom. The molecule has 1 aromatic heterocycles. The van der Waals surface area contributed by atoms with Crippen molar-refractivity contribution in [1.29, 1.82) is 0 Å². The van der Waals surface area contributed by atoms with E-state index in [0.29, 0.717) is 5.69 Å². The highest BCUT2D eigenvalue weighted by molar-refractivity contribution is 6.18. The molecule has 0 aliphatic heterocycles. The van der Waals surface area contributed by atoms with Gasteiger partial charge in [-0.25, -0.2) is 0 Å². The van der Waals surface area contributed by atoms with E-state index in [4.69, 9.17) is 16.7 Å². The van der Waals surface area contributed by atoms with Crippen LogP contribution in [0.1, 0.15) is 11.8 Å². The van der Waals surface area contributed by atoms with Crippen molar-refractivity contribution in [2.75, 3.05) is 5.88 Å². The molecule has 0 spiro atoms. The van der Waals surface area contributed by atoms with Crippen LogP contribution in [0.5, 0.6) is 0 Å². The number of halogens is 1. The first-order valence-corrected chi connectivity index (χ1v) is 3.38. The van der Waals surface area contributed by atoms with Gasteiger partial charge in [0.2, 0.25) is 0 Å². The van der Waals surface area contributed by atoms with Crippen LogP contribution in [0.3, 0.4) is 0 Å². The number of aromatic nitrogens is 2. The number of rotatable bonds is 2. The molecule has 0 aliphatic carbocycles. The maximum Gasteiger partial charge on any atom is 0.111 e. The Kier molecular flexibility index (Phi) is 2.59. The lowest BCUT2D eigenvalue weighted by molar-refractivity contribution is 0.197. The highest BCUT2D eigenvalue weighted by Crippen LogP contribution is 2.07. The lowest BCUT2D eigenvalue weighted by atomic mass is 10.3. The average Bonchev–Trinajstić information content (AvgIpc) is 2.05. The van der Waals surface area contributed by atoms with Crippen LogP contribution < -0.4 is 0 Å². The molecule has 0 unspecified atom stereocenters. The van der Waals surface area contributed by atoms with E-state index in [1.807, 2.05) is 0 Å². The van der Waals surface area contributed by atoms with Gasteiger partial charge in [0, 0.05) is 12.4 Å². The van der Waals surface area contributed by atoms with E-state index in [0.717, 1.165) is 0 Å². The van der Waals surface area contributed by atoms with Gasteiger partial charge in [0.25, 0.3) is 0 Å². The van der Waals surface area contributed by atoms with Crippen molar-refractivity contribution in [3.63, 3.8) is 0 Å². The smallest absolute Gasteiger partial charge is 0.111 e. The molecule has 0 saturated carbocycles. The molecule has 1 heterocycles. The molecule has 1 aromatic rings. The minimum atomic E-state index is -0.699. The van der Waals surface area contributed by atoms with Gasteiger partial charge >= 0.3 is 0 Å². The minimum absolute atomic E-state index is 0.151. The molecule has 0 bridgehead atoms. The molecule has 1 N–H and O–H groups in total. The van der Waals surface area contributed by atoms with Crippen LogP contribution in [-0.4, -0.2) is 21.0 Å². The standard InChI is InChI=1S/C6H7ClN2O/c7-3-6(10)5-4-8-1-2-9-5/h1-2,4,6,10H,3H2/t6-/m0/s1. The third-order valence-electron chi connectivity index (χ3n) is 1.07. The fourth-order valence-corrected chi connectivity index (χ4v) is 0.720. The molecule has 1 atom stereocenters. The Morgan fingerprint density at radius 1 is 1.60 bits per heavy atom. The summed E-state index contributed by atoms with van der Waals surface area (Å²) in [5.41, 5.74) is 0.512. The zero-order valence-corrected chi connectivity index (χ0v) is 5.99. The summed E-state index contributed by atoms with van der Waals surface area (Å²) >= 11 is 5.37. The quantitative estimate of drug-likeness (QED) is 0.646. The van der Waals surface area contributed by atoms with Crippen LogP contribution in [-0.2, 0) is 0 Å². The maximum absolute atomic E-state index is 9.09. The van der Waals surface area contributed by atoms with Crippen molar-refractivity contribution >= 4 is 11.6 Å². The van der Waals surface area contributed by atoms with Crippen LogP contribution in [0.4, 0.5) is 0 Å². The van der Waals surface area contributed by atoms with Gasteiger partial charge in [0.15, 0.2) is 0 Å². The number of hydrogen-bond acceptors (Lipinski definition) is 3. The Morgan fingerprint density at radius 2 is 2.40 bits per heavy atom. The summed E-state index contributed by atoms with van der Waals surface area (Å²) in [6.07, 6.45) is 3.86. The summed E-state index contributed by atoms with van der Waals surface area (Å²) in [6.45, 7) is 0. The second kappa shape index (κ2) is 3.49. The van der Waals surface area contributed by atoms with Crippen molar-refractivity contribution < 1.29 is 5.11 Å². The van der Waals surface area contributed by atoms with Crippen molar-refractivity contribution in [2.45, 2.75) is 6.10 Å². The summed E-state index contributed by atoms with van der Waals surface area (Å²) in [5, 5.41) is 9.09. The second-order valence-corrected chi connectivity index (χ2v) is 2.11. The summed E-state index contributed by atoms with van der Waals surface area (Å²) in [5.74, 6) is 0.151. The lowest BCUT2D eigenvalue weighted by Crippen LogP contribution is -2.01. The summed E-state index contributed by atoms with van der Waals surface area (Å²) in [7, 11) is 0. The zero-order chi connectivity index (χ0) is 7.40. The first-order valence-electron chi connectivity index (χ1n) is 2.84. The third-order valence-corrected chi connectivity index (χ3v) is 1.36. The topological polar surface area (TPSA) is 46.0 Å². The van der Waals surface area contributed by atoms with Crippen molar-refractivity contribution in [2.24, 2.45) is 0 Å². The highest BCUT2D eigenvalue weighted by atomic mass is 35.5. The Bertz CT molecular complexity index is 192. The Balaban J connectivity index is 2.75. The van der Waals surface area contributed by atoms with E-state index < -0.39 is 6.10 Å². The molecule has 3 nitrogen and oxygen atoms in total. The molecule has 10 heavy (non-hydrogen) atoms. The second-order valence-electron chi connectivity index (χ2n) is 1.80. The molecular formula is C6H7ClN2O. The van der Waals surface area contributed by atoms with E-state index in [1.54, 1.807) is 6.20 Å². The first-order chi connectivity index (χ1) is 4.84. The number of alkyl halides is 1. The van der Waals surface area contributed by atoms with Gasteiger partial charge in [-0.15, -0.1) is 11.6 Å². The van der Waals surface area contributed by atoms with Gasteiger partial charge in [-0.2, -0.15) is 0 Å². The van der Waals surface area contributed by atoms with E-state index in [9.17, 15) is 0 Å². The van der Waals surface area contributed by atoms with Crippen LogP contribution in [0.15, 0.2) is 18.6 Å². The predicted molar refractivity (Wildman–Crippen MR) is 37.7 cm³/mol. The Hall–Kier alpha value is -0.670. The fourth-order valence-electron chi connectivity index (χ4n) is 0.562. The molecule has 0 radical (unpaired) electrons. The lowest BCUT2D eigenvalue weighted by Gasteiger charge is -2.02. The molecule has 0 saturated heterocycles. The van der Waals surface area contributed by atoms with Crippen molar-refractivity contribution in [3.05, 3.63) is 24.3 Å². The molecule has 0 aromatic carbocycles. The van der Waals surface area contributed by atoms with Crippen LogP contribution >= 0.6 is 11.6 Å². The number of aliphatic hydroxyl groups excluding tert-OH is 1. The van der Waals surface area contributed by atoms with Gasteiger partial charge in [-0.3, -0.25) is 9.97 Å². The largest absolute Gasteiger partial charge is 0.385 e. The van der Waals surface area contributed by atoms with E-state index in [-0.39, 0.29) is 5.88 Å². The van der Waals surface area contributed by atoms with E-state index >= 15 is 0 Å². The normalized spacial score (nSPS) is 13.0. The van der Waals surface area contributed by atoms with Crippen LogP contribution in [0.2, 0.25) is 0 Å².